The minimum Gasteiger partial charge on any atom is -0.486 e. The lowest BCUT2D eigenvalue weighted by Gasteiger charge is -2.41. The highest BCUT2D eigenvalue weighted by Crippen LogP contribution is 2.43. The van der Waals surface area contributed by atoms with Crippen LogP contribution in [-0.2, 0) is 19.3 Å². The Kier molecular flexibility index (Phi) is 5.18. The zero-order chi connectivity index (χ0) is 23.5. The molecule has 1 fully saturated rings. The third-order valence-electron chi connectivity index (χ3n) is 6.29. The highest BCUT2D eigenvalue weighted by atomic mass is 35.5. The van der Waals surface area contributed by atoms with Crippen molar-refractivity contribution in [1.82, 2.24) is 19.5 Å². The fourth-order valence-electron chi connectivity index (χ4n) is 4.11. The van der Waals surface area contributed by atoms with Gasteiger partial charge in [-0.05, 0) is 32.0 Å². The van der Waals surface area contributed by atoms with E-state index in [1.807, 2.05) is 6.07 Å². The van der Waals surface area contributed by atoms with Crippen LogP contribution < -0.4 is 15.0 Å². The van der Waals surface area contributed by atoms with E-state index >= 15 is 0 Å². The molecule has 2 aromatic heterocycles. The molecule has 3 aromatic rings. The number of hydrogen-bond acceptors (Lipinski definition) is 9. The highest BCUT2D eigenvalue weighted by Gasteiger charge is 2.42. The van der Waals surface area contributed by atoms with Gasteiger partial charge < -0.3 is 19.7 Å². The number of halogens is 1. The molecule has 2 aliphatic heterocycles. The molecule has 12 heteroatoms. The lowest BCUT2D eigenvalue weighted by Crippen LogP contribution is -2.52. The van der Waals surface area contributed by atoms with Crippen molar-refractivity contribution in [2.45, 2.75) is 24.6 Å². The number of morpholine rings is 1. The highest BCUT2D eigenvalue weighted by molar-refractivity contribution is 7.91. The molecule has 0 bridgehead atoms. The molecule has 0 radical (unpaired) electrons. The fraction of sp³-hybridized carbons (Fsp3) is 0.476. The van der Waals surface area contributed by atoms with E-state index in [-0.39, 0.29) is 12.0 Å². The van der Waals surface area contributed by atoms with Crippen molar-refractivity contribution in [2.24, 2.45) is 0 Å². The predicted molar refractivity (Wildman–Crippen MR) is 127 cm³/mol. The first-order chi connectivity index (χ1) is 15.6. The van der Waals surface area contributed by atoms with Crippen LogP contribution in [0.5, 0.6) is 5.75 Å². The fourth-order valence-corrected chi connectivity index (χ4v) is 4.76. The summed E-state index contributed by atoms with van der Waals surface area (Å²) in [7, 11) is -1.79. The van der Waals surface area contributed by atoms with Gasteiger partial charge in [0, 0.05) is 24.9 Å². The smallest absolute Gasteiger partial charge is 0.239 e. The number of fused-ring (bicyclic) bond motifs is 4. The van der Waals surface area contributed by atoms with Gasteiger partial charge in [0.1, 0.15) is 17.0 Å². The predicted octanol–water partition coefficient (Wildman–Crippen LogP) is 2.39. The van der Waals surface area contributed by atoms with Crippen LogP contribution in [0.2, 0.25) is 5.02 Å². The Morgan fingerprint density at radius 3 is 2.73 bits per heavy atom. The zero-order valence-electron chi connectivity index (χ0n) is 18.8. The standard InChI is InChI=1S/C21H25ClN6O4S/c1-21(2,33(4,29)30)17-16-18(27-7-8-31-10-13(27)11-32-16)26-20(25-17)28-15-9-12(22)5-6-14(15)24-19(28)23-3/h5-6,9,13H,7-8,10-11H2,1-4H3,(H,23,24). The minimum atomic E-state index is -3.54. The monoisotopic (exact) mass is 492 g/mol. The van der Waals surface area contributed by atoms with Gasteiger partial charge >= 0.3 is 0 Å². The lowest BCUT2D eigenvalue weighted by atomic mass is 10.1. The molecular weight excluding hydrogens is 468 g/mol. The quantitative estimate of drug-likeness (QED) is 0.586. The summed E-state index contributed by atoms with van der Waals surface area (Å²) < 4.78 is 37.7. The number of anilines is 2. The second-order valence-electron chi connectivity index (χ2n) is 8.69. The molecule has 0 saturated carbocycles. The van der Waals surface area contributed by atoms with E-state index in [0.717, 1.165) is 0 Å². The number of ether oxygens (including phenoxy) is 2. The first-order valence-electron chi connectivity index (χ1n) is 10.6. The molecule has 1 unspecified atom stereocenters. The average Bonchev–Trinajstić information content (AvgIpc) is 3.15. The number of imidazole rings is 1. The van der Waals surface area contributed by atoms with Crippen LogP contribution in [0.3, 0.4) is 0 Å². The summed E-state index contributed by atoms with van der Waals surface area (Å²) in [6.07, 6.45) is 1.20. The SMILES string of the molecule is CNc1nc2ccc(Cl)cc2n1-c1nc2c(c(C(C)(C)S(C)(=O)=O)n1)OCC1COCCN21. The van der Waals surface area contributed by atoms with E-state index in [2.05, 4.69) is 15.2 Å². The van der Waals surface area contributed by atoms with Crippen LogP contribution in [-0.4, -0.2) is 73.6 Å². The molecule has 2 aliphatic rings. The second-order valence-corrected chi connectivity index (χ2v) is 11.7. The van der Waals surface area contributed by atoms with Gasteiger partial charge in [0.25, 0.3) is 0 Å². The lowest BCUT2D eigenvalue weighted by molar-refractivity contribution is 0.0691. The number of nitrogens with zero attached hydrogens (tertiary/aromatic N) is 5. The van der Waals surface area contributed by atoms with Crippen LogP contribution in [0, 0.1) is 0 Å². The summed E-state index contributed by atoms with van der Waals surface area (Å²) >= 11 is 6.28. The Hall–Kier alpha value is -2.63. The van der Waals surface area contributed by atoms with Gasteiger partial charge in [-0.1, -0.05) is 11.6 Å². The van der Waals surface area contributed by atoms with Crippen molar-refractivity contribution < 1.29 is 17.9 Å². The number of rotatable bonds is 4. The van der Waals surface area contributed by atoms with Gasteiger partial charge in [0.2, 0.25) is 11.9 Å². The number of hydrogen-bond donors (Lipinski definition) is 1. The topological polar surface area (TPSA) is 111 Å². The third-order valence-corrected chi connectivity index (χ3v) is 8.58. The molecule has 1 aromatic carbocycles. The summed E-state index contributed by atoms with van der Waals surface area (Å²) in [5, 5.41) is 3.61. The summed E-state index contributed by atoms with van der Waals surface area (Å²) in [5.41, 5.74) is 1.71. The number of nitrogens with one attached hydrogen (secondary N) is 1. The molecule has 0 aliphatic carbocycles. The molecule has 33 heavy (non-hydrogen) atoms. The summed E-state index contributed by atoms with van der Waals surface area (Å²) in [4.78, 5) is 16.3. The Morgan fingerprint density at radius 2 is 2.00 bits per heavy atom. The first-order valence-corrected chi connectivity index (χ1v) is 12.8. The summed E-state index contributed by atoms with van der Waals surface area (Å²) in [6.45, 7) is 5.30. The van der Waals surface area contributed by atoms with Crippen LogP contribution in [0.15, 0.2) is 18.2 Å². The van der Waals surface area contributed by atoms with E-state index in [4.69, 9.17) is 31.0 Å². The maximum Gasteiger partial charge on any atom is 0.239 e. The molecule has 176 valence electrons. The zero-order valence-corrected chi connectivity index (χ0v) is 20.4. The van der Waals surface area contributed by atoms with Crippen LogP contribution in [0.25, 0.3) is 17.0 Å². The molecule has 0 spiro atoms. The van der Waals surface area contributed by atoms with Crippen molar-refractivity contribution in [2.75, 3.05) is 49.9 Å². The molecule has 0 amide bonds. The molecule has 1 saturated heterocycles. The van der Waals surface area contributed by atoms with E-state index in [0.29, 0.717) is 65.6 Å². The van der Waals surface area contributed by atoms with E-state index in [1.54, 1.807) is 37.6 Å². The van der Waals surface area contributed by atoms with Gasteiger partial charge in [-0.25, -0.2) is 23.0 Å². The molecular formula is C21H25ClN6O4S. The number of sulfone groups is 1. The van der Waals surface area contributed by atoms with E-state index in [1.165, 1.54) is 6.26 Å². The average molecular weight is 493 g/mol. The van der Waals surface area contributed by atoms with Gasteiger partial charge in [-0.2, -0.15) is 4.98 Å². The van der Waals surface area contributed by atoms with Crippen molar-refractivity contribution in [3.63, 3.8) is 0 Å². The van der Waals surface area contributed by atoms with Crippen molar-refractivity contribution in [3.8, 4) is 11.7 Å². The maximum absolute atomic E-state index is 12.8. The minimum absolute atomic E-state index is 0.0130. The van der Waals surface area contributed by atoms with Crippen LogP contribution in [0.4, 0.5) is 11.8 Å². The molecule has 1 N–H and O–H groups in total. The van der Waals surface area contributed by atoms with Gasteiger partial charge in [-0.3, -0.25) is 0 Å². The van der Waals surface area contributed by atoms with Gasteiger partial charge in [0.15, 0.2) is 21.4 Å². The van der Waals surface area contributed by atoms with E-state index < -0.39 is 14.6 Å². The van der Waals surface area contributed by atoms with Crippen LogP contribution >= 0.6 is 11.6 Å². The summed E-state index contributed by atoms with van der Waals surface area (Å²) in [6, 6.07) is 5.35. The Balaban J connectivity index is 1.83. The Bertz CT molecular complexity index is 1360. The normalized spacial score (nSPS) is 18.6. The van der Waals surface area contributed by atoms with Crippen molar-refractivity contribution in [1.29, 1.82) is 0 Å². The second kappa shape index (κ2) is 7.71. The Labute approximate surface area is 196 Å². The molecule has 1 atom stereocenters. The van der Waals surface area contributed by atoms with E-state index in [9.17, 15) is 8.42 Å². The molecule has 10 nitrogen and oxygen atoms in total. The third kappa shape index (κ3) is 3.49. The van der Waals surface area contributed by atoms with Crippen molar-refractivity contribution >= 4 is 44.2 Å². The molecule has 4 heterocycles. The van der Waals surface area contributed by atoms with Crippen molar-refractivity contribution in [3.05, 3.63) is 28.9 Å². The van der Waals surface area contributed by atoms with Crippen LogP contribution in [0.1, 0.15) is 19.5 Å². The largest absolute Gasteiger partial charge is 0.486 e. The Morgan fingerprint density at radius 1 is 1.21 bits per heavy atom. The molecule has 5 rings (SSSR count). The summed E-state index contributed by atoms with van der Waals surface area (Å²) in [5.74, 6) is 1.73. The number of aromatic nitrogens is 4. The first kappa shape index (κ1) is 22.2. The van der Waals surface area contributed by atoms with Gasteiger partial charge in [0.05, 0.1) is 30.3 Å². The van der Waals surface area contributed by atoms with Gasteiger partial charge in [-0.15, -0.1) is 0 Å². The maximum atomic E-state index is 12.8. The number of benzene rings is 1.